The standard InChI is InChI=1S/C66H48N2/c1-3-17-55(42-45(2)56-29-16-31-64-66(56)62-28-13-14-30-63(62)68(64)65-44-51-21-8-10-25-58(51)60-26-11-12-27-61(60)65)67(54-39-35-48(36-40-54)46-18-5-4-6-19-46)53-23-15-22-47(34-38-53)50-37-41-59-52(43-50)33-32-49-20-7-9-24-57(49)59/h3-14,16-44H,2,15H2,1H3/b17-3-,55-42+. The fourth-order valence-electron chi connectivity index (χ4n) is 10.5. The van der Waals surface area contributed by atoms with Crippen molar-refractivity contribution in [1.29, 1.82) is 0 Å². The molecular weight excluding hydrogens is 821 g/mol. The molecule has 10 aromatic carbocycles. The Morgan fingerprint density at radius 1 is 0.500 bits per heavy atom. The van der Waals surface area contributed by atoms with Gasteiger partial charge in [0, 0.05) is 33.2 Å². The van der Waals surface area contributed by atoms with Crippen molar-refractivity contribution in [3.05, 3.63) is 278 Å². The minimum Gasteiger partial charge on any atom is -0.311 e. The van der Waals surface area contributed by atoms with Crippen LogP contribution in [0.25, 0.3) is 92.9 Å². The van der Waals surface area contributed by atoms with E-state index in [1.807, 2.05) is 0 Å². The van der Waals surface area contributed by atoms with E-state index < -0.39 is 0 Å². The molecule has 0 atom stereocenters. The van der Waals surface area contributed by atoms with Crippen LogP contribution in [-0.4, -0.2) is 4.57 Å². The van der Waals surface area contributed by atoms with E-state index in [4.69, 9.17) is 6.58 Å². The molecule has 0 spiro atoms. The zero-order valence-corrected chi connectivity index (χ0v) is 38.0. The molecule has 2 nitrogen and oxygen atoms in total. The van der Waals surface area contributed by atoms with E-state index in [1.54, 1.807) is 0 Å². The number of fused-ring (bicyclic) bond motifs is 9. The summed E-state index contributed by atoms with van der Waals surface area (Å²) in [5.41, 5.74) is 13.5. The fourth-order valence-corrected chi connectivity index (χ4v) is 10.5. The molecule has 0 saturated carbocycles. The maximum absolute atomic E-state index is 4.87. The third-order valence-electron chi connectivity index (χ3n) is 13.6. The summed E-state index contributed by atoms with van der Waals surface area (Å²) in [5.74, 6) is 0. The van der Waals surface area contributed by atoms with Crippen molar-refractivity contribution in [3.8, 4) is 16.8 Å². The lowest BCUT2D eigenvalue weighted by Gasteiger charge is -2.28. The van der Waals surface area contributed by atoms with Crippen LogP contribution in [0.2, 0.25) is 0 Å². The van der Waals surface area contributed by atoms with Gasteiger partial charge in [0.1, 0.15) is 0 Å². The molecule has 68 heavy (non-hydrogen) atoms. The molecule has 322 valence electrons. The number of para-hydroxylation sites is 1. The van der Waals surface area contributed by atoms with Crippen LogP contribution < -0.4 is 4.90 Å². The zero-order valence-electron chi connectivity index (χ0n) is 38.0. The molecule has 1 aromatic heterocycles. The first kappa shape index (κ1) is 40.8. The molecule has 0 unspecified atom stereocenters. The van der Waals surface area contributed by atoms with E-state index in [1.165, 1.54) is 81.8 Å². The van der Waals surface area contributed by atoms with Gasteiger partial charge in [0.05, 0.1) is 16.7 Å². The van der Waals surface area contributed by atoms with Gasteiger partial charge in [-0.1, -0.05) is 201 Å². The molecule has 0 amide bonds. The summed E-state index contributed by atoms with van der Waals surface area (Å²) in [6.07, 6.45) is 16.6. The Kier molecular flexibility index (Phi) is 10.3. The third kappa shape index (κ3) is 7.15. The number of hydrogen-bond donors (Lipinski definition) is 0. The molecule has 1 aliphatic carbocycles. The quantitative estimate of drug-likeness (QED) is 0.104. The van der Waals surface area contributed by atoms with Gasteiger partial charge in [-0.25, -0.2) is 0 Å². The summed E-state index contributed by atoms with van der Waals surface area (Å²) in [4.78, 5) is 2.38. The topological polar surface area (TPSA) is 8.17 Å². The van der Waals surface area contributed by atoms with Crippen LogP contribution in [0, 0.1) is 0 Å². The number of rotatable bonds is 9. The molecule has 0 aliphatic heterocycles. The monoisotopic (exact) mass is 868 g/mol. The van der Waals surface area contributed by atoms with Crippen molar-refractivity contribution in [2.24, 2.45) is 0 Å². The summed E-state index contributed by atoms with van der Waals surface area (Å²) in [6.45, 7) is 6.96. The molecule has 2 heteroatoms. The first-order chi connectivity index (χ1) is 33.6. The van der Waals surface area contributed by atoms with Crippen LogP contribution in [0.5, 0.6) is 0 Å². The van der Waals surface area contributed by atoms with Crippen LogP contribution in [-0.2, 0) is 0 Å². The number of allylic oxidation sites excluding steroid dienone is 9. The fraction of sp³-hybridized carbons (Fsp3) is 0.0303. The molecule has 0 fully saturated rings. The average Bonchev–Trinajstić information content (AvgIpc) is 3.54. The SMILES string of the molecule is C=C(/C=C(\C=C/C)N(C1=CCC=C(c2ccc3c(ccc4ccccc43)c2)C=C1)c1ccc(-c2ccccc2)cc1)c1cccc2c1c1ccccc1n2-c1cc2ccccc2c2ccccc12. The summed E-state index contributed by atoms with van der Waals surface area (Å²) in [5, 5.41) is 12.4. The Morgan fingerprint density at radius 3 is 1.93 bits per heavy atom. The van der Waals surface area contributed by atoms with E-state index >= 15 is 0 Å². The highest BCUT2D eigenvalue weighted by atomic mass is 15.2. The highest BCUT2D eigenvalue weighted by Gasteiger charge is 2.21. The van der Waals surface area contributed by atoms with Crippen LogP contribution >= 0.6 is 0 Å². The van der Waals surface area contributed by atoms with Crippen molar-refractivity contribution in [2.45, 2.75) is 13.3 Å². The van der Waals surface area contributed by atoms with Crippen molar-refractivity contribution >= 4 is 81.7 Å². The minimum absolute atomic E-state index is 0.776. The molecule has 0 bridgehead atoms. The lowest BCUT2D eigenvalue weighted by atomic mass is 9.97. The normalized spacial score (nSPS) is 13.2. The Balaban J connectivity index is 0.977. The summed E-state index contributed by atoms with van der Waals surface area (Å²) < 4.78 is 2.46. The second-order valence-electron chi connectivity index (χ2n) is 17.6. The summed E-state index contributed by atoms with van der Waals surface area (Å²) in [7, 11) is 0. The molecule has 0 N–H and O–H groups in total. The van der Waals surface area contributed by atoms with Gasteiger partial charge in [0.15, 0.2) is 0 Å². The largest absolute Gasteiger partial charge is 0.311 e. The van der Waals surface area contributed by atoms with E-state index in [0.29, 0.717) is 0 Å². The Labute approximate surface area is 397 Å². The maximum atomic E-state index is 4.87. The van der Waals surface area contributed by atoms with Gasteiger partial charge in [-0.15, -0.1) is 0 Å². The molecule has 1 heterocycles. The third-order valence-corrected chi connectivity index (χ3v) is 13.6. The highest BCUT2D eigenvalue weighted by molar-refractivity contribution is 6.17. The first-order valence-electron chi connectivity index (χ1n) is 23.5. The van der Waals surface area contributed by atoms with Gasteiger partial charge in [0.2, 0.25) is 0 Å². The molecule has 11 aromatic rings. The maximum Gasteiger partial charge on any atom is 0.0547 e. The van der Waals surface area contributed by atoms with E-state index in [-0.39, 0.29) is 0 Å². The molecule has 12 rings (SSSR count). The van der Waals surface area contributed by atoms with E-state index in [9.17, 15) is 0 Å². The van der Waals surface area contributed by atoms with Gasteiger partial charge in [-0.05, 0) is 139 Å². The van der Waals surface area contributed by atoms with Gasteiger partial charge in [0.25, 0.3) is 0 Å². The smallest absolute Gasteiger partial charge is 0.0547 e. The second kappa shape index (κ2) is 17.3. The summed E-state index contributed by atoms with van der Waals surface area (Å²) in [6, 6.07) is 74.9. The van der Waals surface area contributed by atoms with Crippen molar-refractivity contribution in [3.63, 3.8) is 0 Å². The van der Waals surface area contributed by atoms with Crippen molar-refractivity contribution < 1.29 is 0 Å². The number of nitrogens with zero attached hydrogens (tertiary/aromatic N) is 2. The van der Waals surface area contributed by atoms with Gasteiger partial charge >= 0.3 is 0 Å². The van der Waals surface area contributed by atoms with Crippen LogP contribution in [0.3, 0.4) is 0 Å². The first-order valence-corrected chi connectivity index (χ1v) is 23.5. The van der Waals surface area contributed by atoms with Gasteiger partial charge in [-0.3, -0.25) is 0 Å². The van der Waals surface area contributed by atoms with Crippen LogP contribution in [0.1, 0.15) is 24.5 Å². The molecular formula is C66H48N2. The number of aromatic nitrogens is 1. The number of benzene rings is 10. The van der Waals surface area contributed by atoms with Crippen LogP contribution in [0.4, 0.5) is 5.69 Å². The van der Waals surface area contributed by atoms with Crippen molar-refractivity contribution in [2.75, 3.05) is 4.90 Å². The molecule has 0 saturated heterocycles. The molecule has 0 radical (unpaired) electrons. The molecule has 1 aliphatic rings. The van der Waals surface area contributed by atoms with Crippen molar-refractivity contribution in [1.82, 2.24) is 4.57 Å². The van der Waals surface area contributed by atoms with E-state index in [0.717, 1.165) is 45.7 Å². The second-order valence-corrected chi connectivity index (χ2v) is 17.6. The highest BCUT2D eigenvalue weighted by Crippen LogP contribution is 2.41. The zero-order chi connectivity index (χ0) is 45.6. The Bertz CT molecular complexity index is 3950. The predicted octanol–water partition coefficient (Wildman–Crippen LogP) is 18.0. The lowest BCUT2D eigenvalue weighted by Crippen LogP contribution is -2.20. The number of hydrogen-bond acceptors (Lipinski definition) is 1. The Morgan fingerprint density at radius 2 is 1.12 bits per heavy atom. The average molecular weight is 869 g/mol. The number of anilines is 1. The Hall–Kier alpha value is -8.72. The van der Waals surface area contributed by atoms with Crippen LogP contribution in [0.15, 0.2) is 267 Å². The van der Waals surface area contributed by atoms with E-state index in [2.05, 4.69) is 265 Å². The predicted molar refractivity (Wildman–Crippen MR) is 293 cm³/mol. The minimum atomic E-state index is 0.776. The summed E-state index contributed by atoms with van der Waals surface area (Å²) >= 11 is 0. The lowest BCUT2D eigenvalue weighted by molar-refractivity contribution is 1.12. The van der Waals surface area contributed by atoms with Gasteiger partial charge in [-0.2, -0.15) is 0 Å². The van der Waals surface area contributed by atoms with Gasteiger partial charge < -0.3 is 9.47 Å².